The Bertz CT molecular complexity index is 2970. The Morgan fingerprint density at radius 1 is 0.442 bits per heavy atom. The second-order valence-electron chi connectivity index (χ2n) is 14.0. The first-order valence-corrected chi connectivity index (χ1v) is 18.1. The lowest BCUT2D eigenvalue weighted by Crippen LogP contribution is -2.13. The van der Waals surface area contributed by atoms with Gasteiger partial charge in [0.05, 0.1) is 11.0 Å². The van der Waals surface area contributed by atoms with Gasteiger partial charge in [-0.2, -0.15) is 0 Å². The number of hydrogen-bond acceptors (Lipinski definition) is 1. The van der Waals surface area contributed by atoms with Crippen LogP contribution in [0.4, 0.5) is 0 Å². The molecule has 8 aromatic carbocycles. The quantitative estimate of drug-likeness (QED) is 0.183. The number of aromatic nitrogens is 1. The highest BCUT2D eigenvalue weighted by Crippen LogP contribution is 2.47. The first-order chi connectivity index (χ1) is 25.8. The number of hydrogen-bond donors (Lipinski definition) is 0. The first-order valence-electron chi connectivity index (χ1n) is 18.1. The van der Waals surface area contributed by atoms with E-state index >= 15 is 0 Å². The SMILES string of the molecule is c1ccc(-c2ccc3c(c2)C(c2ccccc2)Cc2cc4c(cc2-3)c2ccccc2n4-c2ccc(-c3cccc4c3oc3ccccc34)cc2)cc1. The third-order valence-corrected chi connectivity index (χ3v) is 11.2. The van der Waals surface area contributed by atoms with E-state index in [0.29, 0.717) is 0 Å². The second kappa shape index (κ2) is 11.4. The summed E-state index contributed by atoms with van der Waals surface area (Å²) in [6, 6.07) is 66.4. The van der Waals surface area contributed by atoms with E-state index in [1.807, 2.05) is 12.1 Å². The van der Waals surface area contributed by atoms with Crippen LogP contribution in [0.3, 0.4) is 0 Å². The number of para-hydroxylation sites is 3. The summed E-state index contributed by atoms with van der Waals surface area (Å²) in [5.41, 5.74) is 17.0. The third kappa shape index (κ3) is 4.44. The molecule has 1 aliphatic carbocycles. The zero-order chi connectivity index (χ0) is 34.2. The molecular formula is C50H33NO. The highest BCUT2D eigenvalue weighted by atomic mass is 16.3. The third-order valence-electron chi connectivity index (χ3n) is 11.2. The fraction of sp³-hybridized carbons (Fsp3) is 0.0400. The molecule has 0 radical (unpaired) electrons. The van der Waals surface area contributed by atoms with Gasteiger partial charge in [0.15, 0.2) is 0 Å². The predicted molar refractivity (Wildman–Crippen MR) is 216 cm³/mol. The Balaban J connectivity index is 1.08. The van der Waals surface area contributed by atoms with Gasteiger partial charge in [-0.3, -0.25) is 0 Å². The summed E-state index contributed by atoms with van der Waals surface area (Å²) in [7, 11) is 0. The van der Waals surface area contributed by atoms with Gasteiger partial charge in [0.25, 0.3) is 0 Å². The van der Waals surface area contributed by atoms with Gasteiger partial charge in [-0.25, -0.2) is 0 Å². The lowest BCUT2D eigenvalue weighted by molar-refractivity contribution is 0.670. The highest BCUT2D eigenvalue weighted by molar-refractivity contribution is 6.12. The van der Waals surface area contributed by atoms with E-state index in [2.05, 4.69) is 174 Å². The second-order valence-corrected chi connectivity index (χ2v) is 14.0. The van der Waals surface area contributed by atoms with Crippen molar-refractivity contribution in [3.05, 3.63) is 199 Å². The Morgan fingerprint density at radius 2 is 1.15 bits per heavy atom. The summed E-state index contributed by atoms with van der Waals surface area (Å²) >= 11 is 0. The van der Waals surface area contributed by atoms with E-state index in [1.165, 1.54) is 60.8 Å². The summed E-state index contributed by atoms with van der Waals surface area (Å²) in [6.45, 7) is 0. The van der Waals surface area contributed by atoms with E-state index in [4.69, 9.17) is 4.42 Å². The van der Waals surface area contributed by atoms with Crippen LogP contribution in [0.1, 0.15) is 22.6 Å². The van der Waals surface area contributed by atoms with E-state index in [-0.39, 0.29) is 5.92 Å². The van der Waals surface area contributed by atoms with Crippen molar-refractivity contribution in [2.45, 2.75) is 12.3 Å². The van der Waals surface area contributed by atoms with Crippen molar-refractivity contribution in [3.8, 4) is 39.1 Å². The van der Waals surface area contributed by atoms with Gasteiger partial charge in [0.1, 0.15) is 11.2 Å². The molecule has 52 heavy (non-hydrogen) atoms. The molecule has 2 heteroatoms. The summed E-state index contributed by atoms with van der Waals surface area (Å²) in [6.07, 6.45) is 0.947. The van der Waals surface area contributed by atoms with Crippen molar-refractivity contribution in [2.24, 2.45) is 0 Å². The van der Waals surface area contributed by atoms with Gasteiger partial charge in [0, 0.05) is 38.7 Å². The number of benzene rings is 8. The average molecular weight is 664 g/mol. The molecule has 2 nitrogen and oxygen atoms in total. The summed E-state index contributed by atoms with van der Waals surface area (Å²) in [4.78, 5) is 0. The smallest absolute Gasteiger partial charge is 0.143 e. The van der Waals surface area contributed by atoms with E-state index in [1.54, 1.807) is 0 Å². The zero-order valence-corrected chi connectivity index (χ0v) is 28.5. The van der Waals surface area contributed by atoms with Crippen molar-refractivity contribution in [2.75, 3.05) is 0 Å². The summed E-state index contributed by atoms with van der Waals surface area (Å²) in [5.74, 6) is 0.267. The fourth-order valence-electron chi connectivity index (χ4n) is 8.74. The largest absolute Gasteiger partial charge is 0.455 e. The molecule has 2 aromatic heterocycles. The topological polar surface area (TPSA) is 18.1 Å². The monoisotopic (exact) mass is 663 g/mol. The Morgan fingerprint density at radius 3 is 2.00 bits per heavy atom. The van der Waals surface area contributed by atoms with E-state index in [9.17, 15) is 0 Å². The fourth-order valence-corrected chi connectivity index (χ4v) is 8.74. The van der Waals surface area contributed by atoms with Gasteiger partial charge >= 0.3 is 0 Å². The van der Waals surface area contributed by atoms with Crippen LogP contribution in [-0.2, 0) is 6.42 Å². The Hall–Kier alpha value is -6.64. The molecule has 0 amide bonds. The number of fused-ring (bicyclic) bond motifs is 9. The van der Waals surface area contributed by atoms with Crippen LogP contribution in [0.5, 0.6) is 0 Å². The van der Waals surface area contributed by atoms with Gasteiger partial charge in [-0.15, -0.1) is 0 Å². The molecule has 11 rings (SSSR count). The normalized spacial score (nSPS) is 13.9. The van der Waals surface area contributed by atoms with Crippen molar-refractivity contribution < 1.29 is 4.42 Å². The minimum atomic E-state index is 0.267. The van der Waals surface area contributed by atoms with Crippen molar-refractivity contribution in [3.63, 3.8) is 0 Å². The molecule has 244 valence electrons. The molecular weight excluding hydrogens is 631 g/mol. The lowest BCUT2D eigenvalue weighted by atomic mass is 9.74. The maximum absolute atomic E-state index is 6.40. The number of furan rings is 1. The van der Waals surface area contributed by atoms with E-state index < -0.39 is 0 Å². The molecule has 0 saturated carbocycles. The minimum absolute atomic E-state index is 0.267. The standard InChI is InChI=1S/C50H33NO/c1-3-12-32(13-4-1)35-24-27-39-44-31-46-40-16-7-9-20-47(40)51(48(46)30-36(44)29-43(45(39)28-35)33-14-5-2-6-15-33)37-25-22-34(23-26-37)38-18-11-19-42-41-17-8-10-21-49(41)52-50(38)42/h1-28,30-31,43H,29H2. The van der Waals surface area contributed by atoms with Crippen LogP contribution in [0.2, 0.25) is 0 Å². The zero-order valence-electron chi connectivity index (χ0n) is 28.5. The Kier molecular flexibility index (Phi) is 6.41. The van der Waals surface area contributed by atoms with Gasteiger partial charge < -0.3 is 8.98 Å². The maximum Gasteiger partial charge on any atom is 0.143 e. The molecule has 0 N–H and O–H groups in total. The van der Waals surface area contributed by atoms with E-state index in [0.717, 1.165) is 45.2 Å². The van der Waals surface area contributed by atoms with Gasteiger partial charge in [-0.05, 0) is 93.4 Å². The maximum atomic E-state index is 6.40. The van der Waals surface area contributed by atoms with Gasteiger partial charge in [0.2, 0.25) is 0 Å². The molecule has 0 bridgehead atoms. The molecule has 10 aromatic rings. The van der Waals surface area contributed by atoms with Crippen LogP contribution in [0.25, 0.3) is 82.8 Å². The van der Waals surface area contributed by atoms with Crippen LogP contribution >= 0.6 is 0 Å². The molecule has 1 aliphatic rings. The van der Waals surface area contributed by atoms with Crippen LogP contribution in [-0.4, -0.2) is 4.57 Å². The molecule has 0 aliphatic heterocycles. The molecule has 0 fully saturated rings. The summed E-state index contributed by atoms with van der Waals surface area (Å²) in [5, 5.41) is 4.85. The van der Waals surface area contributed by atoms with Gasteiger partial charge in [-0.1, -0.05) is 140 Å². The van der Waals surface area contributed by atoms with Crippen molar-refractivity contribution in [1.29, 1.82) is 0 Å². The molecule has 0 saturated heterocycles. The minimum Gasteiger partial charge on any atom is -0.455 e. The molecule has 1 unspecified atom stereocenters. The van der Waals surface area contributed by atoms with Crippen molar-refractivity contribution >= 4 is 43.7 Å². The highest BCUT2D eigenvalue weighted by Gasteiger charge is 2.28. The summed E-state index contributed by atoms with van der Waals surface area (Å²) < 4.78 is 8.84. The van der Waals surface area contributed by atoms with Crippen molar-refractivity contribution in [1.82, 2.24) is 4.57 Å². The average Bonchev–Trinajstić information content (AvgIpc) is 3.76. The van der Waals surface area contributed by atoms with Crippen LogP contribution in [0.15, 0.2) is 186 Å². The molecule has 1 atom stereocenters. The first kappa shape index (κ1) is 29.1. The predicted octanol–water partition coefficient (Wildman–Crippen LogP) is 13.4. The lowest BCUT2D eigenvalue weighted by Gasteiger charge is -2.29. The molecule has 2 heterocycles. The Labute approximate surface area is 301 Å². The molecule has 0 spiro atoms. The van der Waals surface area contributed by atoms with Crippen LogP contribution in [0, 0.1) is 0 Å². The van der Waals surface area contributed by atoms with Crippen LogP contribution < -0.4 is 0 Å². The number of rotatable bonds is 4. The number of nitrogens with zero attached hydrogens (tertiary/aromatic N) is 1.